The third-order valence-electron chi connectivity index (χ3n) is 14.0. The summed E-state index contributed by atoms with van der Waals surface area (Å²) in [4.78, 5) is 0. The molecule has 2 saturated heterocycles. The SMILES string of the molecule is OCC1OC2(OCCn3c4c5cc6c7c8c(cc9ccc%10cc%11c%12c%13c(cc(c3c%13c(c3c8c9c%10c%123)c74)CC5)C%11)C6)CC(O)C1(O)CC2O. The van der Waals surface area contributed by atoms with Crippen LogP contribution in [0, 0.1) is 0 Å². The second-order valence-electron chi connectivity index (χ2n) is 16.1. The molecule has 9 aromatic rings. The summed E-state index contributed by atoms with van der Waals surface area (Å²) in [5.41, 5.74) is 9.46. The molecule has 3 aliphatic heterocycles. The largest absolute Gasteiger partial charge is 0.394 e. The maximum Gasteiger partial charge on any atom is 0.197 e. The molecule has 3 fully saturated rings. The van der Waals surface area contributed by atoms with E-state index in [0.29, 0.717) is 6.54 Å². The zero-order valence-electron chi connectivity index (χ0n) is 26.6. The lowest BCUT2D eigenvalue weighted by Crippen LogP contribution is -2.74. The minimum Gasteiger partial charge on any atom is -0.394 e. The van der Waals surface area contributed by atoms with Gasteiger partial charge in [-0.25, -0.2) is 0 Å². The summed E-state index contributed by atoms with van der Waals surface area (Å²) in [6, 6.07) is 14.6. The summed E-state index contributed by atoms with van der Waals surface area (Å²) in [7, 11) is 0. The minimum absolute atomic E-state index is 0.0509. The number of benzene rings is 7. The number of fused-ring (bicyclic) bond motifs is 3. The number of nitrogens with zero attached hydrogens (tertiary/aromatic N) is 1. The normalized spacial score (nSPS) is 28.5. The molecule has 7 heteroatoms. The van der Waals surface area contributed by atoms with Crippen molar-refractivity contribution in [3.63, 3.8) is 0 Å². The molecule has 6 aliphatic rings. The Morgan fingerprint density at radius 3 is 1.78 bits per heavy atom. The maximum atomic E-state index is 11.2. The van der Waals surface area contributed by atoms with Crippen molar-refractivity contribution in [1.82, 2.24) is 4.57 Å². The molecule has 3 aliphatic carbocycles. The van der Waals surface area contributed by atoms with Crippen molar-refractivity contribution in [1.29, 1.82) is 0 Å². The van der Waals surface area contributed by atoms with Crippen molar-refractivity contribution in [3.05, 3.63) is 69.8 Å². The van der Waals surface area contributed by atoms with Gasteiger partial charge in [-0.1, -0.05) is 36.4 Å². The van der Waals surface area contributed by atoms with E-state index in [4.69, 9.17) is 9.47 Å². The van der Waals surface area contributed by atoms with Crippen molar-refractivity contribution in [2.24, 2.45) is 0 Å². The summed E-state index contributed by atoms with van der Waals surface area (Å²) in [5.74, 6) is -1.49. The van der Waals surface area contributed by atoms with Gasteiger partial charge in [0.1, 0.15) is 17.8 Å². The highest BCUT2D eigenvalue weighted by atomic mass is 16.7. The summed E-state index contributed by atoms with van der Waals surface area (Å²) in [6.45, 7) is 0.322. The number of hydrogen-bond acceptors (Lipinski definition) is 6. The Labute approximate surface area is 278 Å². The van der Waals surface area contributed by atoms with E-state index in [2.05, 4.69) is 41.0 Å². The minimum atomic E-state index is -1.69. The van der Waals surface area contributed by atoms with E-state index in [-0.39, 0.29) is 19.4 Å². The van der Waals surface area contributed by atoms with Gasteiger partial charge in [0.05, 0.1) is 30.4 Å². The van der Waals surface area contributed by atoms with Crippen molar-refractivity contribution in [2.75, 3.05) is 13.2 Å². The van der Waals surface area contributed by atoms with Crippen LogP contribution >= 0.6 is 0 Å². The van der Waals surface area contributed by atoms with Crippen LogP contribution in [0.4, 0.5) is 0 Å². The Morgan fingerprint density at radius 2 is 1.18 bits per heavy atom. The molecule has 1 aromatic heterocycles. The van der Waals surface area contributed by atoms with Crippen LogP contribution in [0.3, 0.4) is 0 Å². The number of ether oxygens (including phenoxy) is 2. The maximum absolute atomic E-state index is 11.2. The molecule has 4 N–H and O–H groups in total. The van der Waals surface area contributed by atoms with E-state index in [9.17, 15) is 20.4 Å². The van der Waals surface area contributed by atoms with E-state index >= 15 is 0 Å². The van der Waals surface area contributed by atoms with Crippen molar-refractivity contribution < 1.29 is 29.9 Å². The second-order valence-corrected chi connectivity index (χ2v) is 16.1. The van der Waals surface area contributed by atoms with Crippen molar-refractivity contribution >= 4 is 86.4 Å². The summed E-state index contributed by atoms with van der Waals surface area (Å²) < 4.78 is 15.1. The molecule has 0 spiro atoms. The first-order valence-electron chi connectivity index (χ1n) is 17.9. The van der Waals surface area contributed by atoms with Crippen LogP contribution in [0.25, 0.3) is 86.4 Å². The Kier molecular flexibility index (Phi) is 4.03. The standard InChI is InChI=1S/C42H31NO6/c44-15-26-41(47)13-25(46)42(49-26,14-24(41)45)48-6-5-43-39-18-3-4-19-10-23-12-21-8-17-2-1-16-7-20-11-22(9-18)31-29(20)33-27(16)28(17)34-30(21)32(23)38(40(19)43)36(35(33)34)37(31)39/h1-2,7-10,24-26,44-47H,3-6,11-15H2. The van der Waals surface area contributed by atoms with Crippen LogP contribution in [-0.4, -0.2) is 67.9 Å². The fourth-order valence-electron chi connectivity index (χ4n) is 12.2. The molecule has 7 nitrogen and oxygen atoms in total. The molecule has 4 heterocycles. The fourth-order valence-corrected chi connectivity index (χ4v) is 12.2. The van der Waals surface area contributed by atoms with Gasteiger partial charge in [0.25, 0.3) is 0 Å². The highest BCUT2D eigenvalue weighted by Gasteiger charge is 2.65. The molecule has 8 aromatic carbocycles. The average molecular weight is 646 g/mol. The Bertz CT molecular complexity index is 2840. The predicted octanol–water partition coefficient (Wildman–Crippen LogP) is 5.72. The predicted molar refractivity (Wildman–Crippen MR) is 189 cm³/mol. The number of pyridine rings is 1. The summed E-state index contributed by atoms with van der Waals surface area (Å²) in [5, 5.41) is 63.2. The number of hydrogen-bond donors (Lipinski definition) is 4. The molecule has 1 saturated carbocycles. The highest BCUT2D eigenvalue weighted by Crippen LogP contribution is 2.61. The smallest absolute Gasteiger partial charge is 0.197 e. The molecule has 240 valence electrons. The Hall–Kier alpha value is -4.08. The quantitative estimate of drug-likeness (QED) is 0.141. The average Bonchev–Trinajstić information content (AvgIpc) is 3.73. The number of aliphatic hydroxyl groups excluding tert-OH is 3. The van der Waals surface area contributed by atoms with Gasteiger partial charge in [0.15, 0.2) is 5.79 Å². The highest BCUT2D eigenvalue weighted by molar-refractivity contribution is 6.55. The second kappa shape index (κ2) is 7.64. The van der Waals surface area contributed by atoms with Gasteiger partial charge in [-0.3, -0.25) is 0 Å². The van der Waals surface area contributed by atoms with Gasteiger partial charge in [-0.15, -0.1) is 0 Å². The number of aliphatic hydroxyl groups is 4. The first-order valence-corrected chi connectivity index (χ1v) is 17.9. The molecule has 0 amide bonds. The van der Waals surface area contributed by atoms with Crippen molar-refractivity contribution in [3.8, 4) is 0 Å². The monoisotopic (exact) mass is 645 g/mol. The van der Waals surface area contributed by atoms with Gasteiger partial charge in [0.2, 0.25) is 0 Å². The molecule has 5 atom stereocenters. The zero-order chi connectivity index (χ0) is 32.0. The third kappa shape index (κ3) is 2.49. The van der Waals surface area contributed by atoms with Crippen LogP contribution in [0.15, 0.2) is 36.4 Å². The molecular formula is C42H31NO6. The summed E-state index contributed by atoms with van der Waals surface area (Å²) >= 11 is 0. The molecule has 0 radical (unpaired) electrons. The number of aromatic nitrogens is 1. The van der Waals surface area contributed by atoms with E-state index in [1.807, 2.05) is 0 Å². The van der Waals surface area contributed by atoms with Crippen LogP contribution in [0.5, 0.6) is 0 Å². The molecule has 4 bridgehead atoms. The lowest BCUT2D eigenvalue weighted by Gasteiger charge is -2.58. The topological polar surface area (TPSA) is 104 Å². The van der Waals surface area contributed by atoms with Crippen LogP contribution in [-0.2, 0) is 41.7 Å². The number of rotatable bonds is 5. The van der Waals surface area contributed by atoms with Gasteiger partial charge >= 0.3 is 0 Å². The molecular weight excluding hydrogens is 614 g/mol. The van der Waals surface area contributed by atoms with Gasteiger partial charge in [0, 0.05) is 40.9 Å². The lowest BCUT2D eigenvalue weighted by atomic mass is 9.70. The molecule has 15 rings (SSSR count). The van der Waals surface area contributed by atoms with Crippen LogP contribution in [0.2, 0.25) is 0 Å². The lowest BCUT2D eigenvalue weighted by molar-refractivity contribution is -0.412. The van der Waals surface area contributed by atoms with Gasteiger partial charge in [-0.05, 0) is 113 Å². The fraction of sp³-hybridized carbons (Fsp3) is 0.333. The molecule has 5 unspecified atom stereocenters. The van der Waals surface area contributed by atoms with Crippen LogP contribution in [0.1, 0.15) is 46.2 Å². The van der Waals surface area contributed by atoms with Crippen molar-refractivity contribution in [2.45, 2.75) is 74.8 Å². The van der Waals surface area contributed by atoms with E-state index in [1.54, 1.807) is 0 Å². The zero-order valence-corrected chi connectivity index (χ0v) is 26.6. The first-order chi connectivity index (χ1) is 23.9. The van der Waals surface area contributed by atoms with E-state index < -0.39 is 36.3 Å². The van der Waals surface area contributed by atoms with E-state index in [1.165, 1.54) is 120 Å². The van der Waals surface area contributed by atoms with E-state index in [0.717, 1.165) is 25.7 Å². The third-order valence-corrected chi connectivity index (χ3v) is 14.0. The first kappa shape index (κ1) is 25.8. The van der Waals surface area contributed by atoms with Gasteiger partial charge < -0.3 is 34.5 Å². The molecule has 49 heavy (non-hydrogen) atoms. The van der Waals surface area contributed by atoms with Gasteiger partial charge in [-0.2, -0.15) is 0 Å². The summed E-state index contributed by atoms with van der Waals surface area (Å²) in [6.07, 6.45) is 0.416. The Balaban J connectivity index is 1.10. The Morgan fingerprint density at radius 1 is 0.653 bits per heavy atom. The van der Waals surface area contributed by atoms with Crippen LogP contribution < -0.4 is 0 Å². The number of aryl methyl sites for hydroxylation is 2.